The molecule has 0 aromatic heterocycles. The number of nitrogens with zero attached hydrogens (tertiary/aromatic N) is 1. The van der Waals surface area contributed by atoms with E-state index in [1.807, 2.05) is 0 Å². The SMILES string of the molecule is C1=CC(c2ccc(N(c3ccc(-c4ccccc4)cc3)c3ccc(-c4ccccc4)c(-c4ccc(-c5ccccc5)cc4)c3)cc2)Cc2ccccc21. The van der Waals surface area contributed by atoms with E-state index in [2.05, 4.69) is 223 Å². The van der Waals surface area contributed by atoms with E-state index >= 15 is 0 Å². The molecule has 1 atom stereocenters. The molecular weight excluding hydrogens is 639 g/mol. The van der Waals surface area contributed by atoms with Crippen molar-refractivity contribution < 1.29 is 0 Å². The maximum absolute atomic E-state index is 2.39. The largest absolute Gasteiger partial charge is 0.310 e. The van der Waals surface area contributed by atoms with Gasteiger partial charge in [-0.25, -0.2) is 0 Å². The van der Waals surface area contributed by atoms with Crippen LogP contribution in [0.1, 0.15) is 22.6 Å². The number of anilines is 3. The van der Waals surface area contributed by atoms with Crippen LogP contribution >= 0.6 is 0 Å². The molecule has 0 bridgehead atoms. The molecule has 252 valence electrons. The van der Waals surface area contributed by atoms with Crippen molar-refractivity contribution in [3.8, 4) is 44.5 Å². The summed E-state index contributed by atoms with van der Waals surface area (Å²) in [7, 11) is 0. The molecule has 53 heavy (non-hydrogen) atoms. The lowest BCUT2D eigenvalue weighted by Gasteiger charge is -2.28. The molecule has 1 aliphatic carbocycles. The highest BCUT2D eigenvalue weighted by molar-refractivity contribution is 5.89. The van der Waals surface area contributed by atoms with Gasteiger partial charge >= 0.3 is 0 Å². The third kappa shape index (κ3) is 6.73. The van der Waals surface area contributed by atoms with E-state index < -0.39 is 0 Å². The van der Waals surface area contributed by atoms with E-state index in [9.17, 15) is 0 Å². The number of benzene rings is 8. The Morgan fingerprint density at radius 2 is 0.811 bits per heavy atom. The predicted molar refractivity (Wildman–Crippen MR) is 225 cm³/mol. The standard InChI is InChI=1S/C52H39N/c1-4-12-38(13-5-1)41-20-23-45(24-21-41)52-37-50(34-35-51(52)44-17-8-3-9-18-44)53(48-30-26-42(27-31-48)39-14-6-2-7-15-39)49-32-28-43(29-33-49)47-25-22-40-16-10-11-19-46(40)36-47/h1-35,37,47H,36H2. The normalized spacial score (nSPS) is 13.3. The second kappa shape index (κ2) is 14.5. The molecule has 0 saturated heterocycles. The number of hydrogen-bond acceptors (Lipinski definition) is 1. The van der Waals surface area contributed by atoms with Crippen molar-refractivity contribution in [1.29, 1.82) is 0 Å². The van der Waals surface area contributed by atoms with Crippen LogP contribution in [0.15, 0.2) is 212 Å². The third-order valence-electron chi connectivity index (χ3n) is 10.5. The Labute approximate surface area is 312 Å². The lowest BCUT2D eigenvalue weighted by molar-refractivity contribution is 0.827. The second-order valence-electron chi connectivity index (χ2n) is 13.7. The van der Waals surface area contributed by atoms with Gasteiger partial charge in [0.25, 0.3) is 0 Å². The van der Waals surface area contributed by atoms with Gasteiger partial charge in [-0.3, -0.25) is 0 Å². The first kappa shape index (κ1) is 32.2. The van der Waals surface area contributed by atoms with Gasteiger partial charge in [0, 0.05) is 23.0 Å². The van der Waals surface area contributed by atoms with Crippen LogP contribution < -0.4 is 4.90 Å². The van der Waals surface area contributed by atoms with Crippen LogP contribution in [0.3, 0.4) is 0 Å². The predicted octanol–water partition coefficient (Wildman–Crippen LogP) is 14.2. The zero-order valence-corrected chi connectivity index (χ0v) is 29.5. The maximum atomic E-state index is 2.39. The molecule has 0 spiro atoms. The third-order valence-corrected chi connectivity index (χ3v) is 10.5. The zero-order chi connectivity index (χ0) is 35.4. The summed E-state index contributed by atoms with van der Waals surface area (Å²) >= 11 is 0. The van der Waals surface area contributed by atoms with Gasteiger partial charge in [-0.2, -0.15) is 0 Å². The summed E-state index contributed by atoms with van der Waals surface area (Å²) in [5.74, 6) is 0.355. The summed E-state index contributed by atoms with van der Waals surface area (Å²) in [6.45, 7) is 0. The highest BCUT2D eigenvalue weighted by atomic mass is 15.1. The fourth-order valence-electron chi connectivity index (χ4n) is 7.64. The average Bonchev–Trinajstić information content (AvgIpc) is 3.25. The maximum Gasteiger partial charge on any atom is 0.0468 e. The van der Waals surface area contributed by atoms with Gasteiger partial charge in [-0.15, -0.1) is 0 Å². The monoisotopic (exact) mass is 677 g/mol. The van der Waals surface area contributed by atoms with Crippen LogP contribution in [-0.2, 0) is 6.42 Å². The van der Waals surface area contributed by atoms with Gasteiger partial charge in [0.2, 0.25) is 0 Å². The first-order valence-corrected chi connectivity index (χ1v) is 18.4. The Bertz CT molecular complexity index is 2480. The minimum absolute atomic E-state index is 0.355. The molecule has 0 heterocycles. The molecular formula is C52H39N. The van der Waals surface area contributed by atoms with Crippen molar-refractivity contribution in [2.45, 2.75) is 12.3 Å². The Balaban J connectivity index is 1.14. The molecule has 8 aromatic rings. The molecule has 9 rings (SSSR count). The second-order valence-corrected chi connectivity index (χ2v) is 13.7. The lowest BCUT2D eigenvalue weighted by atomic mass is 9.85. The Morgan fingerprint density at radius 3 is 1.43 bits per heavy atom. The molecule has 0 N–H and O–H groups in total. The number of allylic oxidation sites excluding steroid dienone is 1. The summed E-state index contributed by atoms with van der Waals surface area (Å²) in [5.41, 5.74) is 17.1. The van der Waals surface area contributed by atoms with Crippen molar-refractivity contribution in [3.05, 3.63) is 229 Å². The van der Waals surface area contributed by atoms with E-state index in [4.69, 9.17) is 0 Å². The minimum atomic E-state index is 0.355. The summed E-state index contributed by atoms with van der Waals surface area (Å²) in [5, 5.41) is 0. The molecule has 0 fully saturated rings. The van der Waals surface area contributed by atoms with Gasteiger partial charge in [0.05, 0.1) is 0 Å². The Morgan fingerprint density at radius 1 is 0.358 bits per heavy atom. The molecule has 0 radical (unpaired) electrons. The molecule has 0 saturated carbocycles. The van der Waals surface area contributed by atoms with Crippen LogP contribution in [-0.4, -0.2) is 0 Å². The fourth-order valence-corrected chi connectivity index (χ4v) is 7.64. The number of rotatable bonds is 8. The molecule has 1 nitrogen and oxygen atoms in total. The van der Waals surface area contributed by atoms with Crippen LogP contribution in [0, 0.1) is 0 Å². The molecule has 1 aliphatic rings. The van der Waals surface area contributed by atoms with E-state index in [1.54, 1.807) is 0 Å². The Hall–Kier alpha value is -6.70. The minimum Gasteiger partial charge on any atom is -0.310 e. The van der Waals surface area contributed by atoms with Crippen LogP contribution in [0.25, 0.3) is 50.6 Å². The summed E-state index contributed by atoms with van der Waals surface area (Å²) in [4.78, 5) is 2.39. The van der Waals surface area contributed by atoms with E-state index in [0.717, 1.165) is 23.5 Å². The van der Waals surface area contributed by atoms with Gasteiger partial charge in [0.15, 0.2) is 0 Å². The van der Waals surface area contributed by atoms with Crippen molar-refractivity contribution in [1.82, 2.24) is 0 Å². The summed E-state index contributed by atoms with van der Waals surface area (Å²) in [6.07, 6.45) is 5.65. The molecule has 0 amide bonds. The van der Waals surface area contributed by atoms with E-state index in [1.165, 1.54) is 61.2 Å². The van der Waals surface area contributed by atoms with Crippen molar-refractivity contribution in [2.24, 2.45) is 0 Å². The van der Waals surface area contributed by atoms with E-state index in [-0.39, 0.29) is 0 Å². The molecule has 8 aromatic carbocycles. The molecule has 0 aliphatic heterocycles. The van der Waals surface area contributed by atoms with Gasteiger partial charge in [-0.1, -0.05) is 182 Å². The Kier molecular flexibility index (Phi) is 8.82. The summed E-state index contributed by atoms with van der Waals surface area (Å²) in [6, 6.07) is 74.7. The van der Waals surface area contributed by atoms with Crippen LogP contribution in [0.2, 0.25) is 0 Å². The topological polar surface area (TPSA) is 3.24 Å². The zero-order valence-electron chi connectivity index (χ0n) is 29.5. The van der Waals surface area contributed by atoms with Crippen molar-refractivity contribution >= 4 is 23.1 Å². The van der Waals surface area contributed by atoms with Crippen LogP contribution in [0.4, 0.5) is 17.1 Å². The van der Waals surface area contributed by atoms with Gasteiger partial charge < -0.3 is 4.90 Å². The summed E-state index contributed by atoms with van der Waals surface area (Å²) < 4.78 is 0. The van der Waals surface area contributed by atoms with E-state index in [0.29, 0.717) is 5.92 Å². The number of fused-ring (bicyclic) bond motifs is 1. The van der Waals surface area contributed by atoms with Crippen molar-refractivity contribution in [2.75, 3.05) is 4.90 Å². The first-order chi connectivity index (χ1) is 26.3. The smallest absolute Gasteiger partial charge is 0.0468 e. The number of hydrogen-bond donors (Lipinski definition) is 0. The van der Waals surface area contributed by atoms with Gasteiger partial charge in [0.1, 0.15) is 0 Å². The van der Waals surface area contributed by atoms with Gasteiger partial charge in [-0.05, 0) is 104 Å². The fraction of sp³-hybridized carbons (Fsp3) is 0.0385. The highest BCUT2D eigenvalue weighted by Gasteiger charge is 2.19. The van der Waals surface area contributed by atoms with Crippen LogP contribution in [0.5, 0.6) is 0 Å². The average molecular weight is 678 g/mol. The highest BCUT2D eigenvalue weighted by Crippen LogP contribution is 2.42. The molecule has 1 unspecified atom stereocenters. The molecule has 1 heteroatoms. The lowest BCUT2D eigenvalue weighted by Crippen LogP contribution is -2.11. The quantitative estimate of drug-likeness (QED) is 0.155. The van der Waals surface area contributed by atoms with Crippen molar-refractivity contribution in [3.63, 3.8) is 0 Å². The first-order valence-electron chi connectivity index (χ1n) is 18.4.